The van der Waals surface area contributed by atoms with E-state index in [-0.39, 0.29) is 24.3 Å². The van der Waals surface area contributed by atoms with Crippen LogP contribution in [0.25, 0.3) is 0 Å². The molecule has 2 fully saturated rings. The molecule has 1 heterocycles. The minimum absolute atomic E-state index is 0.00238. The van der Waals surface area contributed by atoms with Gasteiger partial charge in [-0.05, 0) is 43.9 Å². The van der Waals surface area contributed by atoms with Gasteiger partial charge in [0.1, 0.15) is 5.75 Å². The second-order valence-corrected chi connectivity index (χ2v) is 7.82. The Kier molecular flexibility index (Phi) is 5.33. The van der Waals surface area contributed by atoms with E-state index in [9.17, 15) is 9.59 Å². The lowest BCUT2D eigenvalue weighted by molar-refractivity contribution is -0.132. The monoisotopic (exact) mass is 378 g/mol. The van der Waals surface area contributed by atoms with E-state index in [1.165, 1.54) is 11.1 Å². The van der Waals surface area contributed by atoms with Gasteiger partial charge in [-0.25, -0.2) is 0 Å². The van der Waals surface area contributed by atoms with Gasteiger partial charge in [0.05, 0.1) is 0 Å². The van der Waals surface area contributed by atoms with Gasteiger partial charge in [0.25, 0.3) is 5.91 Å². The van der Waals surface area contributed by atoms with Crippen molar-refractivity contribution in [3.63, 3.8) is 0 Å². The number of nitrogens with zero attached hydrogens (tertiary/aromatic N) is 1. The lowest BCUT2D eigenvalue weighted by atomic mass is 9.97. The van der Waals surface area contributed by atoms with E-state index in [0.717, 1.165) is 32.4 Å². The maximum absolute atomic E-state index is 12.6. The smallest absolute Gasteiger partial charge is 0.260 e. The fourth-order valence-electron chi connectivity index (χ4n) is 3.67. The number of nitrogens with one attached hydrogen (secondary N) is 1. The average molecular weight is 378 g/mol. The van der Waals surface area contributed by atoms with Crippen molar-refractivity contribution in [2.24, 2.45) is 5.92 Å². The number of amides is 2. The molecule has 2 aromatic carbocycles. The van der Waals surface area contributed by atoms with Crippen LogP contribution in [0.5, 0.6) is 5.75 Å². The highest BCUT2D eigenvalue weighted by molar-refractivity contribution is 5.94. The van der Waals surface area contributed by atoms with Crippen molar-refractivity contribution >= 4 is 17.5 Å². The molecule has 0 spiro atoms. The third-order valence-electron chi connectivity index (χ3n) is 5.47. The van der Waals surface area contributed by atoms with Crippen molar-refractivity contribution in [1.29, 1.82) is 0 Å². The molecule has 2 aromatic rings. The van der Waals surface area contributed by atoms with Crippen LogP contribution < -0.4 is 10.1 Å². The van der Waals surface area contributed by atoms with Crippen LogP contribution in [0.3, 0.4) is 0 Å². The van der Waals surface area contributed by atoms with E-state index in [1.54, 1.807) is 12.1 Å². The van der Waals surface area contributed by atoms with Crippen LogP contribution in [-0.4, -0.2) is 36.4 Å². The Labute approximate surface area is 165 Å². The number of carbonyl (C=O) groups excluding carboxylic acids is 2. The fraction of sp³-hybridized carbons (Fsp3) is 0.391. The van der Waals surface area contributed by atoms with Crippen LogP contribution in [0, 0.1) is 12.8 Å². The van der Waals surface area contributed by atoms with Gasteiger partial charge in [-0.3, -0.25) is 9.59 Å². The van der Waals surface area contributed by atoms with Crippen molar-refractivity contribution in [2.45, 2.75) is 32.1 Å². The number of aryl methyl sites for hydroxylation is 1. The maximum atomic E-state index is 12.6. The van der Waals surface area contributed by atoms with E-state index in [4.69, 9.17) is 4.74 Å². The van der Waals surface area contributed by atoms with Crippen LogP contribution >= 0.6 is 0 Å². The van der Waals surface area contributed by atoms with Crippen molar-refractivity contribution < 1.29 is 14.3 Å². The van der Waals surface area contributed by atoms with Crippen LogP contribution in [0.4, 0.5) is 5.69 Å². The fourth-order valence-corrected chi connectivity index (χ4v) is 3.67. The van der Waals surface area contributed by atoms with E-state index in [0.29, 0.717) is 17.4 Å². The third-order valence-corrected chi connectivity index (χ3v) is 5.47. The van der Waals surface area contributed by atoms with E-state index in [1.807, 2.05) is 17.0 Å². The molecule has 1 saturated heterocycles. The van der Waals surface area contributed by atoms with Gasteiger partial charge in [-0.15, -0.1) is 0 Å². The molecular weight excluding hydrogens is 352 g/mol. The average Bonchev–Trinajstić information content (AvgIpc) is 3.43. The molecule has 1 atom stereocenters. The second-order valence-electron chi connectivity index (χ2n) is 7.82. The Bertz CT molecular complexity index is 876. The summed E-state index contributed by atoms with van der Waals surface area (Å²) < 4.78 is 5.70. The standard InChI is InChI=1S/C23H26N2O3/c1-16-4-2-5-18(12-16)19-10-11-25(14-19)22(26)15-28-21-7-3-6-20(13-21)24-23(27)17-8-9-17/h2-7,12-13,17,19H,8-11,14-15H2,1H3,(H,24,27). The summed E-state index contributed by atoms with van der Waals surface area (Å²) in [5, 5.41) is 2.90. The highest BCUT2D eigenvalue weighted by Crippen LogP contribution is 2.31. The predicted octanol–water partition coefficient (Wildman–Crippen LogP) is 3.74. The predicted molar refractivity (Wildman–Crippen MR) is 108 cm³/mol. The first-order valence-electron chi connectivity index (χ1n) is 9.96. The van der Waals surface area contributed by atoms with Gasteiger partial charge in [-0.1, -0.05) is 35.9 Å². The van der Waals surface area contributed by atoms with Crippen molar-refractivity contribution in [1.82, 2.24) is 4.90 Å². The molecular formula is C23H26N2O3. The van der Waals surface area contributed by atoms with Gasteiger partial charge in [0, 0.05) is 36.7 Å². The zero-order valence-corrected chi connectivity index (χ0v) is 16.2. The van der Waals surface area contributed by atoms with Crippen LogP contribution in [0.15, 0.2) is 48.5 Å². The molecule has 0 aromatic heterocycles. The third kappa shape index (κ3) is 4.53. The summed E-state index contributed by atoms with van der Waals surface area (Å²) in [4.78, 5) is 26.3. The Morgan fingerprint density at radius 1 is 1.11 bits per heavy atom. The molecule has 5 heteroatoms. The van der Waals surface area contributed by atoms with Crippen LogP contribution in [0.2, 0.25) is 0 Å². The molecule has 2 amide bonds. The number of rotatable bonds is 6. The first-order valence-corrected chi connectivity index (χ1v) is 9.96. The first kappa shape index (κ1) is 18.5. The number of hydrogen-bond donors (Lipinski definition) is 1. The topological polar surface area (TPSA) is 58.6 Å². The normalized spacial score (nSPS) is 18.8. The summed E-state index contributed by atoms with van der Waals surface area (Å²) in [6, 6.07) is 15.8. The number of anilines is 1. The number of carbonyl (C=O) groups is 2. The lowest BCUT2D eigenvalue weighted by Crippen LogP contribution is -2.32. The van der Waals surface area contributed by atoms with E-state index < -0.39 is 0 Å². The number of benzene rings is 2. The summed E-state index contributed by atoms with van der Waals surface area (Å²) in [5.74, 6) is 1.21. The number of hydrogen-bond acceptors (Lipinski definition) is 3. The molecule has 5 nitrogen and oxygen atoms in total. The highest BCUT2D eigenvalue weighted by atomic mass is 16.5. The largest absolute Gasteiger partial charge is 0.484 e. The Morgan fingerprint density at radius 2 is 1.93 bits per heavy atom. The highest BCUT2D eigenvalue weighted by Gasteiger charge is 2.30. The zero-order chi connectivity index (χ0) is 19.5. The zero-order valence-electron chi connectivity index (χ0n) is 16.2. The molecule has 1 saturated carbocycles. The van der Waals surface area contributed by atoms with Crippen molar-refractivity contribution in [3.05, 3.63) is 59.7 Å². The summed E-state index contributed by atoms with van der Waals surface area (Å²) >= 11 is 0. The van der Waals surface area contributed by atoms with Gasteiger partial charge in [0.2, 0.25) is 5.91 Å². The number of likely N-dealkylation sites (tertiary alicyclic amines) is 1. The lowest BCUT2D eigenvalue weighted by Gasteiger charge is -2.17. The molecule has 4 rings (SSSR count). The molecule has 0 bridgehead atoms. The SMILES string of the molecule is Cc1cccc(C2CCN(C(=O)COc3cccc(NC(=O)C4CC4)c3)C2)c1. The van der Waals surface area contributed by atoms with E-state index in [2.05, 4.69) is 36.5 Å². The minimum atomic E-state index is 0.00238. The summed E-state index contributed by atoms with van der Waals surface area (Å²) in [7, 11) is 0. The van der Waals surface area contributed by atoms with Crippen molar-refractivity contribution in [3.8, 4) is 5.75 Å². The molecule has 2 aliphatic rings. The Morgan fingerprint density at radius 3 is 2.71 bits per heavy atom. The molecule has 1 aliphatic heterocycles. The first-order chi connectivity index (χ1) is 13.6. The minimum Gasteiger partial charge on any atom is -0.484 e. The summed E-state index contributed by atoms with van der Waals surface area (Å²) in [6.07, 6.45) is 2.92. The van der Waals surface area contributed by atoms with Gasteiger partial charge in [0.15, 0.2) is 6.61 Å². The van der Waals surface area contributed by atoms with Gasteiger partial charge in [-0.2, -0.15) is 0 Å². The second kappa shape index (κ2) is 8.05. The molecule has 0 radical (unpaired) electrons. The summed E-state index contributed by atoms with van der Waals surface area (Å²) in [5.41, 5.74) is 3.26. The Balaban J connectivity index is 1.29. The molecule has 28 heavy (non-hydrogen) atoms. The van der Waals surface area contributed by atoms with Crippen molar-refractivity contribution in [2.75, 3.05) is 25.0 Å². The maximum Gasteiger partial charge on any atom is 0.260 e. The molecule has 1 N–H and O–H groups in total. The van der Waals surface area contributed by atoms with Gasteiger partial charge >= 0.3 is 0 Å². The number of ether oxygens (including phenoxy) is 1. The van der Waals surface area contributed by atoms with Crippen LogP contribution in [-0.2, 0) is 9.59 Å². The molecule has 1 aliphatic carbocycles. The summed E-state index contributed by atoms with van der Waals surface area (Å²) in [6.45, 7) is 3.61. The van der Waals surface area contributed by atoms with Crippen LogP contribution in [0.1, 0.15) is 36.3 Å². The quantitative estimate of drug-likeness (QED) is 0.833. The van der Waals surface area contributed by atoms with Gasteiger partial charge < -0.3 is 15.0 Å². The van der Waals surface area contributed by atoms with E-state index >= 15 is 0 Å². The molecule has 146 valence electrons. The Hall–Kier alpha value is -2.82. The molecule has 1 unspecified atom stereocenters.